The van der Waals surface area contributed by atoms with Crippen LogP contribution in [-0.2, 0) is 12.7 Å². The van der Waals surface area contributed by atoms with Crippen LogP contribution >= 0.6 is 0 Å². The van der Waals surface area contributed by atoms with Crippen molar-refractivity contribution in [2.45, 2.75) is 12.7 Å². The summed E-state index contributed by atoms with van der Waals surface area (Å²) in [4.78, 5) is 0. The van der Waals surface area contributed by atoms with Crippen molar-refractivity contribution in [1.29, 1.82) is 0 Å². The van der Waals surface area contributed by atoms with Gasteiger partial charge in [-0.05, 0) is 17.7 Å². The van der Waals surface area contributed by atoms with Crippen LogP contribution in [0.4, 0.5) is 17.6 Å². The molecule has 1 aromatic rings. The van der Waals surface area contributed by atoms with Crippen LogP contribution in [0.3, 0.4) is 0 Å². The lowest BCUT2D eigenvalue weighted by Crippen LogP contribution is -2.14. The lowest BCUT2D eigenvalue weighted by molar-refractivity contribution is -0.140. The van der Waals surface area contributed by atoms with Gasteiger partial charge in [-0.3, -0.25) is 0 Å². The first kappa shape index (κ1) is 11.9. The molecular formula is C9H9F4NO. The highest BCUT2D eigenvalue weighted by Gasteiger charge is 2.34. The van der Waals surface area contributed by atoms with Crippen molar-refractivity contribution in [2.24, 2.45) is 0 Å². The Balaban J connectivity index is 3.06. The van der Waals surface area contributed by atoms with Crippen LogP contribution in [0.15, 0.2) is 18.2 Å². The van der Waals surface area contributed by atoms with Crippen LogP contribution < -0.4 is 0 Å². The fraction of sp³-hybridized carbons (Fsp3) is 0.333. The number of alkyl halides is 3. The molecular weight excluding hydrogens is 214 g/mol. The minimum atomic E-state index is -4.71. The summed E-state index contributed by atoms with van der Waals surface area (Å²) < 4.78 is 49.6. The van der Waals surface area contributed by atoms with Crippen molar-refractivity contribution in [3.8, 4) is 0 Å². The van der Waals surface area contributed by atoms with E-state index in [2.05, 4.69) is 0 Å². The van der Waals surface area contributed by atoms with Crippen molar-refractivity contribution in [3.05, 3.63) is 35.1 Å². The third-order valence-corrected chi connectivity index (χ3v) is 1.75. The first-order valence-corrected chi connectivity index (χ1v) is 4.06. The zero-order chi connectivity index (χ0) is 11.6. The Morgan fingerprint density at radius 2 is 1.93 bits per heavy atom. The van der Waals surface area contributed by atoms with Gasteiger partial charge in [-0.1, -0.05) is 6.07 Å². The molecule has 0 heterocycles. The second kappa shape index (κ2) is 4.16. The zero-order valence-corrected chi connectivity index (χ0v) is 7.85. The molecule has 0 aromatic heterocycles. The summed E-state index contributed by atoms with van der Waals surface area (Å²) in [7, 11) is 1.29. The fourth-order valence-electron chi connectivity index (χ4n) is 1.15. The van der Waals surface area contributed by atoms with Crippen molar-refractivity contribution in [1.82, 2.24) is 5.06 Å². The molecule has 6 heteroatoms. The predicted molar refractivity (Wildman–Crippen MR) is 44.7 cm³/mol. The topological polar surface area (TPSA) is 23.5 Å². The largest absolute Gasteiger partial charge is 0.419 e. The molecule has 84 valence electrons. The van der Waals surface area contributed by atoms with Crippen molar-refractivity contribution >= 4 is 0 Å². The second-order valence-corrected chi connectivity index (χ2v) is 3.13. The quantitative estimate of drug-likeness (QED) is 0.615. The van der Waals surface area contributed by atoms with Gasteiger partial charge < -0.3 is 5.21 Å². The molecule has 1 N–H and O–H groups in total. The summed E-state index contributed by atoms with van der Waals surface area (Å²) in [5.74, 6) is -1.31. The Hall–Kier alpha value is -1.14. The Bertz CT molecular complexity index is 348. The summed E-state index contributed by atoms with van der Waals surface area (Å²) in [6.45, 7) is -0.0939. The van der Waals surface area contributed by atoms with Crippen molar-refractivity contribution in [3.63, 3.8) is 0 Å². The Morgan fingerprint density at radius 3 is 2.40 bits per heavy atom. The van der Waals surface area contributed by atoms with Gasteiger partial charge in [-0.2, -0.15) is 18.2 Å². The maximum atomic E-state index is 12.8. The number of hydrogen-bond donors (Lipinski definition) is 1. The summed E-state index contributed by atoms with van der Waals surface area (Å²) in [6.07, 6.45) is -4.71. The summed E-state index contributed by atoms with van der Waals surface area (Å²) in [5.41, 5.74) is -1.13. The Morgan fingerprint density at radius 1 is 1.33 bits per heavy atom. The summed E-state index contributed by atoms with van der Waals surface area (Å²) in [5, 5.41) is 9.54. The molecule has 1 rings (SSSR count). The maximum Gasteiger partial charge on any atom is 0.419 e. The van der Waals surface area contributed by atoms with Crippen LogP contribution in [-0.4, -0.2) is 17.3 Å². The average molecular weight is 223 g/mol. The van der Waals surface area contributed by atoms with E-state index in [0.29, 0.717) is 11.1 Å². The van der Waals surface area contributed by atoms with E-state index in [1.165, 1.54) is 13.1 Å². The molecule has 0 fully saturated rings. The van der Waals surface area contributed by atoms with E-state index in [1.54, 1.807) is 0 Å². The van der Waals surface area contributed by atoms with Crippen LogP contribution in [0.25, 0.3) is 0 Å². The minimum absolute atomic E-state index is 0.0939. The highest BCUT2D eigenvalue weighted by Crippen LogP contribution is 2.31. The smallest absolute Gasteiger partial charge is 0.314 e. The van der Waals surface area contributed by atoms with E-state index in [0.717, 1.165) is 6.07 Å². The highest BCUT2D eigenvalue weighted by molar-refractivity contribution is 5.27. The van der Waals surface area contributed by atoms with Gasteiger partial charge in [0.2, 0.25) is 0 Å². The van der Waals surface area contributed by atoms with E-state index < -0.39 is 17.6 Å². The standard InChI is InChI=1S/C9H9F4NO/c1-14(15)5-6-2-3-8(10)7(4-6)9(11,12)13/h2-4,15H,5H2,1H3. The van der Waals surface area contributed by atoms with Gasteiger partial charge in [0.1, 0.15) is 5.82 Å². The number of rotatable bonds is 2. The first-order chi connectivity index (χ1) is 6.80. The molecule has 1 aromatic carbocycles. The van der Waals surface area contributed by atoms with Crippen molar-refractivity contribution < 1.29 is 22.8 Å². The summed E-state index contributed by atoms with van der Waals surface area (Å²) >= 11 is 0. The monoisotopic (exact) mass is 223 g/mol. The van der Waals surface area contributed by atoms with E-state index in [4.69, 9.17) is 5.21 Å². The number of hydrogen-bond acceptors (Lipinski definition) is 2. The minimum Gasteiger partial charge on any atom is -0.314 e. The molecule has 2 nitrogen and oxygen atoms in total. The van der Waals surface area contributed by atoms with Gasteiger partial charge in [-0.25, -0.2) is 4.39 Å². The lowest BCUT2D eigenvalue weighted by atomic mass is 10.1. The normalized spacial score (nSPS) is 12.2. The number of hydroxylamine groups is 2. The van der Waals surface area contributed by atoms with Gasteiger partial charge in [0.15, 0.2) is 0 Å². The van der Waals surface area contributed by atoms with Gasteiger partial charge in [0, 0.05) is 13.6 Å². The number of nitrogens with zero attached hydrogens (tertiary/aromatic N) is 1. The SMILES string of the molecule is CN(O)Cc1ccc(F)c(C(F)(F)F)c1. The predicted octanol–water partition coefficient (Wildman–Crippen LogP) is 2.67. The summed E-state index contributed by atoms with van der Waals surface area (Å²) in [6, 6.07) is 2.61. The average Bonchev–Trinajstić information content (AvgIpc) is 2.05. The highest BCUT2D eigenvalue weighted by atomic mass is 19.4. The molecule has 0 aliphatic rings. The van der Waals surface area contributed by atoms with Gasteiger partial charge >= 0.3 is 6.18 Å². The molecule has 0 spiro atoms. The number of halogens is 4. The third kappa shape index (κ3) is 3.17. The molecule has 0 atom stereocenters. The molecule has 0 saturated carbocycles. The molecule has 0 amide bonds. The lowest BCUT2D eigenvalue weighted by Gasteiger charge is -2.12. The molecule has 0 aliphatic carbocycles. The van der Waals surface area contributed by atoms with Crippen LogP contribution in [0.2, 0.25) is 0 Å². The molecule has 0 aliphatic heterocycles. The molecule has 15 heavy (non-hydrogen) atoms. The third-order valence-electron chi connectivity index (χ3n) is 1.75. The molecule has 0 saturated heterocycles. The van der Waals surface area contributed by atoms with E-state index >= 15 is 0 Å². The first-order valence-electron chi connectivity index (χ1n) is 4.06. The van der Waals surface area contributed by atoms with Gasteiger partial charge in [-0.15, -0.1) is 0 Å². The van der Waals surface area contributed by atoms with E-state index in [1.807, 2.05) is 0 Å². The van der Waals surface area contributed by atoms with Gasteiger partial charge in [0.25, 0.3) is 0 Å². The van der Waals surface area contributed by atoms with Crippen molar-refractivity contribution in [2.75, 3.05) is 7.05 Å². The number of benzene rings is 1. The molecule has 0 bridgehead atoms. The van der Waals surface area contributed by atoms with E-state index in [9.17, 15) is 17.6 Å². The zero-order valence-electron chi connectivity index (χ0n) is 7.85. The van der Waals surface area contributed by atoms with Crippen LogP contribution in [0.5, 0.6) is 0 Å². The molecule has 0 radical (unpaired) electrons. The van der Waals surface area contributed by atoms with Crippen LogP contribution in [0, 0.1) is 5.82 Å². The second-order valence-electron chi connectivity index (χ2n) is 3.13. The maximum absolute atomic E-state index is 12.8. The Labute approximate surface area is 83.7 Å². The van der Waals surface area contributed by atoms with Crippen LogP contribution in [0.1, 0.15) is 11.1 Å². The fourth-order valence-corrected chi connectivity index (χ4v) is 1.15. The molecule has 0 unspecified atom stereocenters. The van der Waals surface area contributed by atoms with E-state index in [-0.39, 0.29) is 12.1 Å². The Kier molecular flexibility index (Phi) is 3.31. The van der Waals surface area contributed by atoms with Gasteiger partial charge in [0.05, 0.1) is 5.56 Å².